The Hall–Kier alpha value is -3.88. The predicted molar refractivity (Wildman–Crippen MR) is 120 cm³/mol. The van der Waals surface area contributed by atoms with E-state index in [-0.39, 0.29) is 31.2 Å². The average Bonchev–Trinajstić information content (AvgIpc) is 3.03. The Bertz CT molecular complexity index is 1050. The number of nitrogens with zero attached hydrogens (tertiary/aromatic N) is 1. The molecule has 1 unspecified atom stereocenters. The van der Waals surface area contributed by atoms with Gasteiger partial charge in [-0.15, -0.1) is 0 Å². The summed E-state index contributed by atoms with van der Waals surface area (Å²) < 4.78 is 10.9. The summed E-state index contributed by atoms with van der Waals surface area (Å²) in [5.41, 5.74) is 6.30. The molecule has 9 nitrogen and oxygen atoms in total. The summed E-state index contributed by atoms with van der Waals surface area (Å²) in [6.07, 6.45) is -0.546. The second-order valence-electron chi connectivity index (χ2n) is 7.62. The first-order valence-electron chi connectivity index (χ1n) is 10.7. The molecule has 1 atom stereocenters. The van der Waals surface area contributed by atoms with Crippen molar-refractivity contribution in [3.05, 3.63) is 59.2 Å². The highest BCUT2D eigenvalue weighted by Crippen LogP contribution is 2.24. The molecule has 33 heavy (non-hydrogen) atoms. The number of imide groups is 1. The second kappa shape index (κ2) is 10.6. The van der Waals surface area contributed by atoms with Crippen molar-refractivity contribution in [2.24, 2.45) is 0 Å². The van der Waals surface area contributed by atoms with Crippen LogP contribution < -0.4 is 20.3 Å². The number of hydrazine groups is 1. The van der Waals surface area contributed by atoms with Gasteiger partial charge in [-0.1, -0.05) is 11.6 Å². The van der Waals surface area contributed by atoms with Crippen LogP contribution >= 0.6 is 0 Å². The standard InChI is InChI=1S/C24H27N3O6/c1-4-32-17-8-10-18(11-9-17)33-16(3)22(29)26-25-21(28)6-5-13-27-23(30)19-12-7-15(2)14-20(19)24(27)31/h7-12,14,16H,4-6,13H2,1-3H3,(H,25,28)(H,26,29). The van der Waals surface area contributed by atoms with E-state index >= 15 is 0 Å². The number of carbonyl (C=O) groups is 4. The topological polar surface area (TPSA) is 114 Å². The molecule has 0 spiro atoms. The fourth-order valence-corrected chi connectivity index (χ4v) is 3.34. The van der Waals surface area contributed by atoms with Crippen LogP contribution in [0, 0.1) is 6.92 Å². The molecule has 2 aromatic carbocycles. The fourth-order valence-electron chi connectivity index (χ4n) is 3.34. The molecule has 1 aliphatic heterocycles. The van der Waals surface area contributed by atoms with Gasteiger partial charge in [0.25, 0.3) is 17.7 Å². The number of hydrogen-bond donors (Lipinski definition) is 2. The number of amides is 4. The SMILES string of the molecule is CCOc1ccc(OC(C)C(=O)NNC(=O)CCCN2C(=O)c3ccc(C)cc3C2=O)cc1. The van der Waals surface area contributed by atoms with Crippen molar-refractivity contribution >= 4 is 23.6 Å². The van der Waals surface area contributed by atoms with E-state index in [0.717, 1.165) is 10.5 Å². The zero-order chi connectivity index (χ0) is 24.0. The summed E-state index contributed by atoms with van der Waals surface area (Å²) in [6, 6.07) is 12.0. The fraction of sp³-hybridized carbons (Fsp3) is 0.333. The molecule has 2 aromatic rings. The molecule has 3 rings (SSSR count). The molecule has 1 aliphatic rings. The molecule has 0 saturated heterocycles. The Morgan fingerprint density at radius 1 is 0.970 bits per heavy atom. The number of carbonyl (C=O) groups excluding carboxylic acids is 4. The maximum Gasteiger partial charge on any atom is 0.279 e. The first-order valence-corrected chi connectivity index (χ1v) is 10.7. The molecule has 0 fully saturated rings. The van der Waals surface area contributed by atoms with Crippen LogP contribution in [0.2, 0.25) is 0 Å². The van der Waals surface area contributed by atoms with Gasteiger partial charge in [0.15, 0.2) is 6.10 Å². The summed E-state index contributed by atoms with van der Waals surface area (Å²) >= 11 is 0. The van der Waals surface area contributed by atoms with Gasteiger partial charge in [-0.25, -0.2) is 0 Å². The third-order valence-corrected chi connectivity index (χ3v) is 5.05. The Kier molecular flexibility index (Phi) is 7.66. The Labute approximate surface area is 192 Å². The Balaban J connectivity index is 1.39. The highest BCUT2D eigenvalue weighted by Gasteiger charge is 2.35. The average molecular weight is 453 g/mol. The number of nitrogens with one attached hydrogen (secondary N) is 2. The maximum absolute atomic E-state index is 12.5. The van der Waals surface area contributed by atoms with Crippen LogP contribution in [0.1, 0.15) is 53.0 Å². The molecule has 174 valence electrons. The minimum absolute atomic E-state index is 0.0286. The molecule has 0 bridgehead atoms. The minimum Gasteiger partial charge on any atom is -0.494 e. The van der Waals surface area contributed by atoms with E-state index in [1.54, 1.807) is 49.4 Å². The highest BCUT2D eigenvalue weighted by atomic mass is 16.5. The van der Waals surface area contributed by atoms with E-state index in [4.69, 9.17) is 9.47 Å². The van der Waals surface area contributed by atoms with E-state index in [1.165, 1.54) is 0 Å². The quantitative estimate of drug-likeness (QED) is 0.445. The van der Waals surface area contributed by atoms with Crippen molar-refractivity contribution in [3.63, 3.8) is 0 Å². The van der Waals surface area contributed by atoms with Crippen molar-refractivity contribution in [1.82, 2.24) is 15.8 Å². The second-order valence-corrected chi connectivity index (χ2v) is 7.62. The molecule has 0 radical (unpaired) electrons. The lowest BCUT2D eigenvalue weighted by atomic mass is 10.1. The van der Waals surface area contributed by atoms with Gasteiger partial charge < -0.3 is 9.47 Å². The molecular weight excluding hydrogens is 426 g/mol. The van der Waals surface area contributed by atoms with Gasteiger partial charge in [-0.3, -0.25) is 34.9 Å². The van der Waals surface area contributed by atoms with Crippen molar-refractivity contribution in [2.75, 3.05) is 13.2 Å². The molecule has 2 N–H and O–H groups in total. The van der Waals surface area contributed by atoms with Gasteiger partial charge in [0, 0.05) is 13.0 Å². The van der Waals surface area contributed by atoms with Gasteiger partial charge in [0.2, 0.25) is 5.91 Å². The van der Waals surface area contributed by atoms with Crippen molar-refractivity contribution in [1.29, 1.82) is 0 Å². The van der Waals surface area contributed by atoms with Crippen LogP contribution in [0.15, 0.2) is 42.5 Å². The number of aryl methyl sites for hydroxylation is 1. The van der Waals surface area contributed by atoms with Crippen molar-refractivity contribution in [2.45, 2.75) is 39.7 Å². The van der Waals surface area contributed by atoms with E-state index in [0.29, 0.717) is 29.2 Å². The summed E-state index contributed by atoms with van der Waals surface area (Å²) in [6.45, 7) is 5.96. The lowest BCUT2D eigenvalue weighted by molar-refractivity contribution is -0.132. The van der Waals surface area contributed by atoms with E-state index in [1.807, 2.05) is 13.8 Å². The number of hydrogen-bond acceptors (Lipinski definition) is 6. The van der Waals surface area contributed by atoms with Gasteiger partial charge in [-0.2, -0.15) is 0 Å². The molecule has 9 heteroatoms. The van der Waals surface area contributed by atoms with Crippen LogP contribution in [0.25, 0.3) is 0 Å². The van der Waals surface area contributed by atoms with Gasteiger partial charge >= 0.3 is 0 Å². The Morgan fingerprint density at radius 2 is 1.64 bits per heavy atom. The Morgan fingerprint density at radius 3 is 2.33 bits per heavy atom. The zero-order valence-corrected chi connectivity index (χ0v) is 18.8. The third kappa shape index (κ3) is 5.88. The van der Waals surface area contributed by atoms with Crippen LogP contribution in [0.5, 0.6) is 11.5 Å². The first-order chi connectivity index (χ1) is 15.8. The molecule has 1 heterocycles. The van der Waals surface area contributed by atoms with Gasteiger partial charge in [0.05, 0.1) is 17.7 Å². The lowest BCUT2D eigenvalue weighted by Gasteiger charge is -2.16. The molecule has 0 saturated carbocycles. The summed E-state index contributed by atoms with van der Waals surface area (Å²) in [4.78, 5) is 50.2. The number of benzene rings is 2. The zero-order valence-electron chi connectivity index (χ0n) is 18.8. The van der Waals surface area contributed by atoms with Crippen LogP contribution in [-0.2, 0) is 9.59 Å². The van der Waals surface area contributed by atoms with E-state index < -0.39 is 17.9 Å². The highest BCUT2D eigenvalue weighted by molar-refractivity contribution is 6.21. The van der Waals surface area contributed by atoms with E-state index in [9.17, 15) is 19.2 Å². The van der Waals surface area contributed by atoms with Crippen LogP contribution in [0.4, 0.5) is 0 Å². The van der Waals surface area contributed by atoms with E-state index in [2.05, 4.69) is 10.9 Å². The smallest absolute Gasteiger partial charge is 0.279 e. The normalized spacial score (nSPS) is 13.4. The molecule has 0 aromatic heterocycles. The summed E-state index contributed by atoms with van der Waals surface area (Å²) in [7, 11) is 0. The number of ether oxygens (including phenoxy) is 2. The lowest BCUT2D eigenvalue weighted by Crippen LogP contribution is -2.47. The van der Waals surface area contributed by atoms with Gasteiger partial charge in [0.1, 0.15) is 11.5 Å². The third-order valence-electron chi connectivity index (χ3n) is 5.05. The first kappa shape index (κ1) is 23.8. The largest absolute Gasteiger partial charge is 0.494 e. The van der Waals surface area contributed by atoms with Crippen LogP contribution in [0.3, 0.4) is 0 Å². The summed E-state index contributed by atoms with van der Waals surface area (Å²) in [5, 5.41) is 0. The minimum atomic E-state index is -0.843. The maximum atomic E-state index is 12.5. The summed E-state index contributed by atoms with van der Waals surface area (Å²) in [5.74, 6) is -0.484. The predicted octanol–water partition coefficient (Wildman–Crippen LogP) is 2.38. The molecule has 4 amide bonds. The monoisotopic (exact) mass is 453 g/mol. The van der Waals surface area contributed by atoms with Crippen molar-refractivity contribution in [3.8, 4) is 11.5 Å². The van der Waals surface area contributed by atoms with Crippen LogP contribution in [-0.4, -0.2) is 47.8 Å². The van der Waals surface area contributed by atoms with Gasteiger partial charge in [-0.05, 0) is 63.6 Å². The number of rotatable bonds is 9. The molecular formula is C24H27N3O6. The number of fused-ring (bicyclic) bond motifs is 1. The van der Waals surface area contributed by atoms with Crippen molar-refractivity contribution < 1.29 is 28.7 Å². The molecule has 0 aliphatic carbocycles.